The number of hydrogen-bond donors (Lipinski definition) is 3. The molecule has 0 saturated carbocycles. The van der Waals surface area contributed by atoms with Gasteiger partial charge < -0.3 is 20.7 Å². The lowest BCUT2D eigenvalue weighted by atomic mass is 10.2. The van der Waals surface area contributed by atoms with Crippen molar-refractivity contribution in [3.05, 3.63) is 0 Å². The summed E-state index contributed by atoms with van der Waals surface area (Å²) in [5, 5.41) is 17.5. The Labute approximate surface area is 115 Å². The Morgan fingerprint density at radius 1 is 1.15 bits per heavy atom. The highest BCUT2D eigenvalue weighted by atomic mass is 16.4. The number of amides is 1. The third-order valence-electron chi connectivity index (χ3n) is 2.53. The molecular formula is C11H19N3O6. The number of hydrogen-bond acceptors (Lipinski definition) is 6. The van der Waals surface area contributed by atoms with Gasteiger partial charge in [-0.1, -0.05) is 0 Å². The Hall–Kier alpha value is -2.00. The molecule has 0 aromatic heterocycles. The summed E-state index contributed by atoms with van der Waals surface area (Å²) >= 11 is 0. The van der Waals surface area contributed by atoms with E-state index >= 15 is 0 Å². The number of nitrogens with zero attached hydrogens (tertiary/aromatic N) is 2. The highest BCUT2D eigenvalue weighted by Crippen LogP contribution is 2.02. The second kappa shape index (κ2) is 8.99. The van der Waals surface area contributed by atoms with Crippen LogP contribution in [0.1, 0.15) is 6.92 Å². The maximum atomic E-state index is 10.9. The van der Waals surface area contributed by atoms with Gasteiger partial charge in [0.05, 0.1) is 26.2 Å². The van der Waals surface area contributed by atoms with Gasteiger partial charge in [-0.25, -0.2) is 0 Å². The molecule has 0 spiro atoms. The summed E-state index contributed by atoms with van der Waals surface area (Å²) in [6.45, 7) is 0.674. The van der Waals surface area contributed by atoms with Crippen LogP contribution in [0.15, 0.2) is 0 Å². The highest BCUT2D eigenvalue weighted by Gasteiger charge is 2.22. The Bertz CT molecular complexity index is 357. The summed E-state index contributed by atoms with van der Waals surface area (Å²) in [7, 11) is 0. The first-order valence-electron chi connectivity index (χ1n) is 5.88. The molecule has 0 heterocycles. The van der Waals surface area contributed by atoms with Crippen LogP contribution in [0.4, 0.5) is 0 Å². The summed E-state index contributed by atoms with van der Waals surface area (Å²) < 4.78 is 0. The maximum Gasteiger partial charge on any atom is 0.317 e. The van der Waals surface area contributed by atoms with Gasteiger partial charge in [0.25, 0.3) is 0 Å². The molecule has 0 aliphatic rings. The zero-order valence-corrected chi connectivity index (χ0v) is 11.2. The lowest BCUT2D eigenvalue weighted by Crippen LogP contribution is -2.48. The van der Waals surface area contributed by atoms with Gasteiger partial charge in [-0.15, -0.1) is 0 Å². The number of primary amides is 1. The topological polar surface area (TPSA) is 141 Å². The lowest BCUT2D eigenvalue weighted by molar-refractivity contribution is -0.141. The van der Waals surface area contributed by atoms with E-state index in [1.165, 1.54) is 9.80 Å². The summed E-state index contributed by atoms with van der Waals surface area (Å²) in [5.41, 5.74) is 5.04. The van der Waals surface area contributed by atoms with Crippen LogP contribution in [-0.4, -0.2) is 82.9 Å². The van der Waals surface area contributed by atoms with Crippen molar-refractivity contribution in [2.24, 2.45) is 5.73 Å². The molecule has 0 fully saturated rings. The summed E-state index contributed by atoms with van der Waals surface area (Å²) in [5.74, 6) is -2.91. The van der Waals surface area contributed by atoms with Crippen LogP contribution in [0.3, 0.4) is 0 Å². The van der Waals surface area contributed by atoms with Crippen molar-refractivity contribution in [2.45, 2.75) is 13.0 Å². The molecule has 9 nitrogen and oxygen atoms in total. The maximum absolute atomic E-state index is 10.9. The molecule has 0 unspecified atom stereocenters. The number of nitrogens with two attached hydrogens (primary N) is 1. The monoisotopic (exact) mass is 289 g/mol. The van der Waals surface area contributed by atoms with Crippen LogP contribution < -0.4 is 5.73 Å². The minimum absolute atomic E-state index is 0.0892. The van der Waals surface area contributed by atoms with E-state index in [-0.39, 0.29) is 26.2 Å². The van der Waals surface area contributed by atoms with Gasteiger partial charge in [0.1, 0.15) is 6.29 Å². The quantitative estimate of drug-likeness (QED) is 0.365. The zero-order chi connectivity index (χ0) is 15.7. The van der Waals surface area contributed by atoms with Gasteiger partial charge in [-0.2, -0.15) is 0 Å². The van der Waals surface area contributed by atoms with Crippen LogP contribution in [0, 0.1) is 0 Å². The number of carbonyl (C=O) groups is 4. The molecule has 20 heavy (non-hydrogen) atoms. The van der Waals surface area contributed by atoms with E-state index in [1.54, 1.807) is 6.92 Å². The Morgan fingerprint density at radius 2 is 1.70 bits per heavy atom. The normalized spacial score (nSPS) is 12.3. The van der Waals surface area contributed by atoms with Crippen molar-refractivity contribution in [3.63, 3.8) is 0 Å². The SMILES string of the molecule is C[C@@H](CN(CC=O)CC(=O)O)N(CC(N)=O)CC(=O)O. The van der Waals surface area contributed by atoms with E-state index in [4.69, 9.17) is 15.9 Å². The van der Waals surface area contributed by atoms with E-state index in [0.29, 0.717) is 6.29 Å². The molecule has 9 heteroatoms. The van der Waals surface area contributed by atoms with Gasteiger partial charge in [0.15, 0.2) is 0 Å². The second-order valence-electron chi connectivity index (χ2n) is 4.37. The summed E-state index contributed by atoms with van der Waals surface area (Å²) in [6, 6.07) is -0.446. The van der Waals surface area contributed by atoms with Crippen LogP contribution >= 0.6 is 0 Å². The number of aldehydes is 1. The van der Waals surface area contributed by atoms with Crippen LogP contribution in [0.5, 0.6) is 0 Å². The van der Waals surface area contributed by atoms with Crippen molar-refractivity contribution in [3.8, 4) is 0 Å². The first-order valence-corrected chi connectivity index (χ1v) is 5.88. The Morgan fingerprint density at radius 3 is 2.10 bits per heavy atom. The minimum atomic E-state index is -1.13. The zero-order valence-electron chi connectivity index (χ0n) is 11.2. The first-order chi connectivity index (χ1) is 9.26. The molecular weight excluding hydrogens is 270 g/mol. The number of carboxylic acids is 2. The molecule has 0 saturated heterocycles. The molecule has 0 aromatic rings. The number of aliphatic carboxylic acids is 2. The van der Waals surface area contributed by atoms with Gasteiger partial charge in [0.2, 0.25) is 5.91 Å². The first kappa shape index (κ1) is 18.0. The number of carboxylic acid groups (broad SMARTS) is 2. The molecule has 114 valence electrons. The largest absolute Gasteiger partial charge is 0.480 e. The lowest BCUT2D eigenvalue weighted by Gasteiger charge is -2.30. The van der Waals surface area contributed by atoms with Crippen LogP contribution in [0.2, 0.25) is 0 Å². The number of rotatable bonds is 11. The minimum Gasteiger partial charge on any atom is -0.480 e. The fourth-order valence-electron chi connectivity index (χ4n) is 1.73. The number of carbonyl (C=O) groups excluding carboxylic acids is 2. The molecule has 0 aromatic carbocycles. The Kier molecular flexibility index (Phi) is 8.09. The van der Waals surface area contributed by atoms with Crippen molar-refractivity contribution in [1.29, 1.82) is 0 Å². The van der Waals surface area contributed by atoms with Crippen LogP contribution in [-0.2, 0) is 19.2 Å². The standard InChI is InChI=1S/C11H19N3O6/c1-8(4-13(2-3-15)6-10(17)18)14(5-9(12)16)7-11(19)20/h3,8H,2,4-7H2,1H3,(H2,12,16)(H,17,18)(H,19,20)/t8-/m0/s1. The fraction of sp³-hybridized carbons (Fsp3) is 0.636. The average molecular weight is 289 g/mol. The van der Waals surface area contributed by atoms with Gasteiger partial charge in [-0.3, -0.25) is 24.2 Å². The van der Waals surface area contributed by atoms with Gasteiger partial charge >= 0.3 is 11.9 Å². The molecule has 0 aliphatic heterocycles. The van der Waals surface area contributed by atoms with E-state index in [9.17, 15) is 19.2 Å². The fourth-order valence-corrected chi connectivity index (χ4v) is 1.73. The van der Waals surface area contributed by atoms with Crippen molar-refractivity contribution in [2.75, 3.05) is 32.7 Å². The third kappa shape index (κ3) is 8.16. The smallest absolute Gasteiger partial charge is 0.317 e. The van der Waals surface area contributed by atoms with E-state index in [1.807, 2.05) is 0 Å². The summed E-state index contributed by atoms with van der Waals surface area (Å²) in [4.78, 5) is 45.4. The third-order valence-corrected chi connectivity index (χ3v) is 2.53. The van der Waals surface area contributed by atoms with Crippen molar-refractivity contribution in [1.82, 2.24) is 9.80 Å². The summed E-state index contributed by atoms with van der Waals surface area (Å²) in [6.07, 6.45) is 0.561. The molecule has 1 atom stereocenters. The van der Waals surface area contributed by atoms with E-state index < -0.39 is 30.4 Å². The van der Waals surface area contributed by atoms with E-state index in [0.717, 1.165) is 0 Å². The second-order valence-corrected chi connectivity index (χ2v) is 4.37. The molecule has 0 rings (SSSR count). The predicted octanol–water partition coefficient (Wildman–Crippen LogP) is -2.17. The molecule has 0 bridgehead atoms. The average Bonchev–Trinajstić information content (AvgIpc) is 2.26. The highest BCUT2D eigenvalue weighted by molar-refractivity contribution is 5.77. The van der Waals surface area contributed by atoms with Crippen molar-refractivity contribution < 1.29 is 29.4 Å². The van der Waals surface area contributed by atoms with Gasteiger partial charge in [0, 0.05) is 12.6 Å². The predicted molar refractivity (Wildman–Crippen MR) is 68.0 cm³/mol. The molecule has 0 radical (unpaired) electrons. The van der Waals surface area contributed by atoms with E-state index in [2.05, 4.69) is 0 Å². The van der Waals surface area contributed by atoms with Gasteiger partial charge in [-0.05, 0) is 6.92 Å². The van der Waals surface area contributed by atoms with Crippen molar-refractivity contribution >= 4 is 24.1 Å². The molecule has 1 amide bonds. The molecule has 0 aliphatic carbocycles. The Balaban J connectivity index is 4.70. The van der Waals surface area contributed by atoms with Crippen LogP contribution in [0.25, 0.3) is 0 Å². The molecule has 4 N–H and O–H groups in total.